The highest BCUT2D eigenvalue weighted by Crippen LogP contribution is 2.26. The Morgan fingerprint density at radius 2 is 1.90 bits per heavy atom. The Balaban J connectivity index is 2.10. The molecule has 4 heteroatoms. The molecule has 1 aromatic carbocycles. The summed E-state index contributed by atoms with van der Waals surface area (Å²) in [7, 11) is 0. The average Bonchev–Trinajstić information content (AvgIpc) is 2.86. The van der Waals surface area contributed by atoms with Crippen molar-refractivity contribution in [3.05, 3.63) is 58.3 Å². The highest BCUT2D eigenvalue weighted by Gasteiger charge is 2.12. The summed E-state index contributed by atoms with van der Waals surface area (Å²) in [6, 6.07) is 12.6. The van der Waals surface area contributed by atoms with Crippen molar-refractivity contribution in [2.24, 2.45) is 5.73 Å². The lowest BCUT2D eigenvalue weighted by atomic mass is 10.1. The van der Waals surface area contributed by atoms with Crippen molar-refractivity contribution in [2.45, 2.75) is 19.8 Å². The summed E-state index contributed by atoms with van der Waals surface area (Å²) in [4.78, 5) is 4.79. The Hall–Kier alpha value is -1.65. The fourth-order valence-corrected chi connectivity index (χ4v) is 2.97. The summed E-state index contributed by atoms with van der Waals surface area (Å²) >= 11 is 3.53. The molecule has 2 N–H and O–H groups in total. The molecular weight excluding hydrogens is 326 g/mol. The van der Waals surface area contributed by atoms with E-state index in [1.807, 2.05) is 12.1 Å². The molecule has 0 aliphatic rings. The summed E-state index contributed by atoms with van der Waals surface area (Å²) in [6.45, 7) is 2.85. The van der Waals surface area contributed by atoms with Gasteiger partial charge in [-0.3, -0.25) is 0 Å². The van der Waals surface area contributed by atoms with E-state index in [0.717, 1.165) is 34.2 Å². The van der Waals surface area contributed by atoms with Crippen LogP contribution in [0.2, 0.25) is 0 Å². The number of nitrogens with two attached hydrogens (primary N) is 1. The van der Waals surface area contributed by atoms with Crippen molar-refractivity contribution < 1.29 is 0 Å². The molecule has 0 fully saturated rings. The van der Waals surface area contributed by atoms with Crippen molar-refractivity contribution in [1.82, 2.24) is 9.38 Å². The third-order valence-corrected chi connectivity index (χ3v) is 4.15. The maximum Gasteiger partial charge on any atom is 0.137 e. The van der Waals surface area contributed by atoms with Crippen LogP contribution in [-0.4, -0.2) is 15.9 Å². The number of imidazole rings is 1. The number of nitrogens with zero attached hydrogens (tertiary/aromatic N) is 2. The third-order valence-electron chi connectivity index (χ3n) is 3.68. The van der Waals surface area contributed by atoms with Gasteiger partial charge in [-0.05, 0) is 53.0 Å². The van der Waals surface area contributed by atoms with Gasteiger partial charge in [0.2, 0.25) is 0 Å². The summed E-state index contributed by atoms with van der Waals surface area (Å²) < 4.78 is 3.22. The van der Waals surface area contributed by atoms with E-state index in [9.17, 15) is 0 Å². The number of halogens is 1. The quantitative estimate of drug-likeness (QED) is 0.782. The summed E-state index contributed by atoms with van der Waals surface area (Å²) in [6.07, 6.45) is 3.93. The van der Waals surface area contributed by atoms with E-state index in [2.05, 4.69) is 57.7 Å². The first kappa shape index (κ1) is 14.3. The van der Waals surface area contributed by atoms with E-state index in [4.69, 9.17) is 10.7 Å². The zero-order valence-electron chi connectivity index (χ0n) is 12.0. The molecule has 0 saturated heterocycles. The molecule has 0 aliphatic carbocycles. The van der Waals surface area contributed by atoms with Crippen molar-refractivity contribution >= 4 is 21.6 Å². The van der Waals surface area contributed by atoms with E-state index in [0.29, 0.717) is 6.54 Å². The Labute approximate surface area is 132 Å². The fourth-order valence-electron chi connectivity index (χ4n) is 2.63. The lowest BCUT2D eigenvalue weighted by Gasteiger charge is -2.04. The van der Waals surface area contributed by atoms with Crippen molar-refractivity contribution in [3.8, 4) is 11.3 Å². The number of aryl methyl sites for hydroxylation is 1. The standard InChI is InChI=1S/C17H18BrN3/c1-2-15-17(13-5-3-12(4-6-13)9-10-19)20-16-8-7-14(18)11-21(15)16/h3-8,11H,2,9-10,19H2,1H3. The van der Waals surface area contributed by atoms with E-state index in [1.54, 1.807) is 0 Å². The average molecular weight is 344 g/mol. The smallest absolute Gasteiger partial charge is 0.137 e. The maximum absolute atomic E-state index is 5.60. The molecule has 2 aromatic heterocycles. The van der Waals surface area contributed by atoms with Crippen molar-refractivity contribution in [2.75, 3.05) is 6.54 Å². The van der Waals surface area contributed by atoms with Crippen LogP contribution in [0.3, 0.4) is 0 Å². The zero-order valence-corrected chi connectivity index (χ0v) is 13.6. The number of rotatable bonds is 4. The van der Waals surface area contributed by atoms with Gasteiger partial charge in [-0.1, -0.05) is 31.2 Å². The molecule has 0 spiro atoms. The fraction of sp³-hybridized carbons (Fsp3) is 0.235. The second-order valence-corrected chi connectivity index (χ2v) is 5.99. The van der Waals surface area contributed by atoms with Gasteiger partial charge in [0, 0.05) is 16.2 Å². The van der Waals surface area contributed by atoms with E-state index < -0.39 is 0 Å². The van der Waals surface area contributed by atoms with Gasteiger partial charge >= 0.3 is 0 Å². The van der Waals surface area contributed by atoms with Gasteiger partial charge < -0.3 is 10.1 Å². The SMILES string of the molecule is CCc1c(-c2ccc(CCN)cc2)nc2ccc(Br)cn12. The first-order valence-corrected chi connectivity index (χ1v) is 7.98. The molecule has 2 heterocycles. The number of hydrogen-bond donors (Lipinski definition) is 1. The largest absolute Gasteiger partial charge is 0.330 e. The number of pyridine rings is 1. The Morgan fingerprint density at radius 1 is 1.14 bits per heavy atom. The molecule has 108 valence electrons. The van der Waals surface area contributed by atoms with Crippen LogP contribution in [0, 0.1) is 0 Å². The molecular formula is C17H18BrN3. The highest BCUT2D eigenvalue weighted by molar-refractivity contribution is 9.10. The van der Waals surface area contributed by atoms with Crippen LogP contribution in [0.4, 0.5) is 0 Å². The van der Waals surface area contributed by atoms with Gasteiger partial charge in [0.05, 0.1) is 11.4 Å². The van der Waals surface area contributed by atoms with E-state index >= 15 is 0 Å². The molecule has 0 bridgehead atoms. The minimum Gasteiger partial charge on any atom is -0.330 e. The number of benzene rings is 1. The van der Waals surface area contributed by atoms with Crippen LogP contribution in [0.15, 0.2) is 47.1 Å². The maximum atomic E-state index is 5.60. The van der Waals surface area contributed by atoms with Gasteiger partial charge in [-0.25, -0.2) is 4.98 Å². The Morgan fingerprint density at radius 3 is 2.57 bits per heavy atom. The molecule has 3 rings (SSSR count). The van der Waals surface area contributed by atoms with Crippen LogP contribution in [0.25, 0.3) is 16.9 Å². The summed E-state index contributed by atoms with van der Waals surface area (Å²) in [5.41, 5.74) is 11.3. The highest BCUT2D eigenvalue weighted by atomic mass is 79.9. The Bertz CT molecular complexity index is 760. The Kier molecular flexibility index (Phi) is 4.08. The molecule has 3 nitrogen and oxygen atoms in total. The topological polar surface area (TPSA) is 43.3 Å². The molecule has 0 saturated carbocycles. The van der Waals surface area contributed by atoms with Gasteiger partial charge in [-0.15, -0.1) is 0 Å². The first-order valence-electron chi connectivity index (χ1n) is 7.18. The number of hydrogen-bond acceptors (Lipinski definition) is 2. The van der Waals surface area contributed by atoms with Gasteiger partial charge in [0.25, 0.3) is 0 Å². The van der Waals surface area contributed by atoms with Gasteiger partial charge in [0.1, 0.15) is 5.65 Å². The number of aromatic nitrogens is 2. The zero-order chi connectivity index (χ0) is 14.8. The second kappa shape index (κ2) is 6.00. The molecule has 3 aromatic rings. The van der Waals surface area contributed by atoms with Crippen LogP contribution in [0.5, 0.6) is 0 Å². The van der Waals surface area contributed by atoms with Crippen molar-refractivity contribution in [3.63, 3.8) is 0 Å². The van der Waals surface area contributed by atoms with Crippen LogP contribution < -0.4 is 5.73 Å². The molecule has 0 atom stereocenters. The molecule has 0 aliphatic heterocycles. The minimum atomic E-state index is 0.682. The lowest BCUT2D eigenvalue weighted by Crippen LogP contribution is -2.02. The predicted molar refractivity (Wildman–Crippen MR) is 90.5 cm³/mol. The van der Waals surface area contributed by atoms with Gasteiger partial charge in [-0.2, -0.15) is 0 Å². The van der Waals surface area contributed by atoms with Crippen molar-refractivity contribution in [1.29, 1.82) is 0 Å². The summed E-state index contributed by atoms with van der Waals surface area (Å²) in [5.74, 6) is 0. The molecule has 0 amide bonds. The summed E-state index contributed by atoms with van der Waals surface area (Å²) in [5, 5.41) is 0. The number of fused-ring (bicyclic) bond motifs is 1. The van der Waals surface area contributed by atoms with Gasteiger partial charge in [0.15, 0.2) is 0 Å². The molecule has 0 unspecified atom stereocenters. The predicted octanol–water partition coefficient (Wildman–Crippen LogP) is 3.83. The van der Waals surface area contributed by atoms with Crippen LogP contribution >= 0.6 is 15.9 Å². The monoisotopic (exact) mass is 343 g/mol. The molecule has 0 radical (unpaired) electrons. The van der Waals surface area contributed by atoms with E-state index in [1.165, 1.54) is 11.3 Å². The second-order valence-electron chi connectivity index (χ2n) is 5.07. The minimum absolute atomic E-state index is 0.682. The normalized spacial score (nSPS) is 11.2. The van der Waals surface area contributed by atoms with Crippen LogP contribution in [0.1, 0.15) is 18.2 Å². The third kappa shape index (κ3) is 2.74. The lowest BCUT2D eigenvalue weighted by molar-refractivity contribution is 0.968. The first-order chi connectivity index (χ1) is 10.2. The molecule has 21 heavy (non-hydrogen) atoms. The van der Waals surface area contributed by atoms with Crippen LogP contribution in [-0.2, 0) is 12.8 Å². The van der Waals surface area contributed by atoms with E-state index in [-0.39, 0.29) is 0 Å².